The fraction of sp³-hybridized carbons (Fsp3) is 0.217. The third-order valence-corrected chi connectivity index (χ3v) is 6.52. The summed E-state index contributed by atoms with van der Waals surface area (Å²) in [4.78, 5) is 30.4. The molecule has 0 spiro atoms. The molecule has 0 amide bonds. The molecule has 1 aromatic carbocycles. The van der Waals surface area contributed by atoms with Crippen molar-refractivity contribution >= 4 is 40.1 Å². The Morgan fingerprint density at radius 1 is 1.26 bits per heavy atom. The van der Waals surface area contributed by atoms with E-state index in [0.717, 1.165) is 6.20 Å². The maximum Gasteiger partial charge on any atom is 0.267 e. The zero-order chi connectivity index (χ0) is 24.9. The minimum absolute atomic E-state index is 0.0378. The molecule has 1 fully saturated rings. The number of pyridine rings is 1. The summed E-state index contributed by atoms with van der Waals surface area (Å²) in [6.45, 7) is 1.83. The first-order valence-corrected chi connectivity index (χ1v) is 11.0. The van der Waals surface area contributed by atoms with Gasteiger partial charge in [-0.15, -0.1) is 0 Å². The number of halogens is 2. The van der Waals surface area contributed by atoms with Crippen molar-refractivity contribution in [2.24, 2.45) is 0 Å². The van der Waals surface area contributed by atoms with Crippen LogP contribution in [0.5, 0.6) is 0 Å². The van der Waals surface area contributed by atoms with Gasteiger partial charge in [0.1, 0.15) is 29.1 Å². The van der Waals surface area contributed by atoms with Gasteiger partial charge < -0.3 is 16.8 Å². The lowest BCUT2D eigenvalue weighted by Gasteiger charge is -2.23. The van der Waals surface area contributed by atoms with Gasteiger partial charge in [-0.1, -0.05) is 17.7 Å². The van der Waals surface area contributed by atoms with Crippen LogP contribution in [-0.2, 0) is 5.41 Å². The van der Waals surface area contributed by atoms with E-state index in [1.54, 1.807) is 25.1 Å². The number of hydrogen-bond donors (Lipinski definition) is 3. The van der Waals surface area contributed by atoms with Gasteiger partial charge in [0.2, 0.25) is 5.95 Å². The van der Waals surface area contributed by atoms with Crippen molar-refractivity contribution < 1.29 is 4.39 Å². The second-order valence-electron chi connectivity index (χ2n) is 8.41. The van der Waals surface area contributed by atoms with Gasteiger partial charge in [0, 0.05) is 17.5 Å². The first-order valence-electron chi connectivity index (χ1n) is 10.6. The molecule has 12 heteroatoms. The van der Waals surface area contributed by atoms with Crippen molar-refractivity contribution in [3.63, 3.8) is 0 Å². The molecule has 3 heterocycles. The van der Waals surface area contributed by atoms with Crippen LogP contribution in [0.3, 0.4) is 0 Å². The number of nitrogens with one attached hydrogen (secondary N) is 1. The van der Waals surface area contributed by atoms with Gasteiger partial charge >= 0.3 is 0 Å². The topological polar surface area (TPSA) is 161 Å². The standard InChI is InChI=1S/C23H19ClFN9O/c1-11-14(25)8-29-9-16(11)34-20(35)17-13(24)3-2-4-15(17)31-21(34)23(5-6-23)10-30-19-12(7-26)18(27)32-22(28)33-19/h2-4,8-9H,5-6,10H2,1H3,(H5,27,28,30,32,33). The molecule has 10 nitrogen and oxygen atoms in total. The predicted octanol–water partition coefficient (Wildman–Crippen LogP) is 2.85. The zero-order valence-corrected chi connectivity index (χ0v) is 19.3. The quantitative estimate of drug-likeness (QED) is 0.381. The van der Waals surface area contributed by atoms with Crippen LogP contribution in [0.2, 0.25) is 5.02 Å². The van der Waals surface area contributed by atoms with Gasteiger partial charge in [-0.25, -0.2) is 9.37 Å². The van der Waals surface area contributed by atoms with E-state index in [1.165, 1.54) is 10.8 Å². The summed E-state index contributed by atoms with van der Waals surface area (Å²) in [6.07, 6.45) is 3.88. The molecule has 3 aromatic heterocycles. The number of nitriles is 1. The molecule has 4 aromatic rings. The SMILES string of the molecule is Cc1c(F)cncc1-n1c(C2(CNc3nc(N)nc(N)c3C#N)CC2)nc2cccc(Cl)c2c1=O. The fourth-order valence-electron chi connectivity index (χ4n) is 4.10. The van der Waals surface area contributed by atoms with Crippen molar-refractivity contribution in [2.75, 3.05) is 23.3 Å². The highest BCUT2D eigenvalue weighted by Gasteiger charge is 2.48. The summed E-state index contributed by atoms with van der Waals surface area (Å²) in [7, 11) is 0. The molecular weight excluding hydrogens is 473 g/mol. The smallest absolute Gasteiger partial charge is 0.267 e. The number of nitrogen functional groups attached to an aromatic ring is 2. The van der Waals surface area contributed by atoms with E-state index in [1.807, 2.05) is 6.07 Å². The minimum atomic E-state index is -0.615. The molecule has 176 valence electrons. The van der Waals surface area contributed by atoms with Crippen LogP contribution in [-0.4, -0.2) is 31.0 Å². The maximum absolute atomic E-state index is 14.5. The summed E-state index contributed by atoms with van der Waals surface area (Å²) >= 11 is 6.36. The summed E-state index contributed by atoms with van der Waals surface area (Å²) < 4.78 is 15.8. The summed E-state index contributed by atoms with van der Waals surface area (Å²) in [5.74, 6) is -0.0538. The molecule has 0 atom stereocenters. The first-order chi connectivity index (χ1) is 16.8. The number of nitrogens with two attached hydrogens (primary N) is 2. The summed E-state index contributed by atoms with van der Waals surface area (Å²) in [5.41, 5.74) is 11.5. The van der Waals surface area contributed by atoms with Crippen molar-refractivity contribution in [3.05, 3.63) is 68.7 Å². The van der Waals surface area contributed by atoms with Crippen LogP contribution in [0.4, 0.5) is 22.0 Å². The second-order valence-corrected chi connectivity index (χ2v) is 8.82. The molecule has 0 aliphatic heterocycles. The monoisotopic (exact) mass is 491 g/mol. The number of rotatable bonds is 5. The Balaban J connectivity index is 1.69. The summed E-state index contributed by atoms with van der Waals surface area (Å²) in [5, 5.41) is 13.1. The number of fused-ring (bicyclic) bond motifs is 1. The van der Waals surface area contributed by atoms with Crippen molar-refractivity contribution in [2.45, 2.75) is 25.2 Å². The van der Waals surface area contributed by atoms with Crippen molar-refractivity contribution in [3.8, 4) is 11.8 Å². The molecule has 0 radical (unpaired) electrons. The lowest BCUT2D eigenvalue weighted by atomic mass is 10.0. The Bertz CT molecular complexity index is 1610. The van der Waals surface area contributed by atoms with Crippen LogP contribution < -0.4 is 22.3 Å². The molecule has 35 heavy (non-hydrogen) atoms. The van der Waals surface area contributed by atoms with Crippen molar-refractivity contribution in [1.82, 2.24) is 24.5 Å². The van der Waals surface area contributed by atoms with Gasteiger partial charge in [-0.2, -0.15) is 15.2 Å². The van der Waals surface area contributed by atoms with Crippen LogP contribution in [0.25, 0.3) is 16.6 Å². The van der Waals surface area contributed by atoms with Gasteiger partial charge in [0.25, 0.3) is 5.56 Å². The Kier molecular flexibility index (Phi) is 5.25. The predicted molar refractivity (Wildman–Crippen MR) is 130 cm³/mol. The number of hydrogen-bond acceptors (Lipinski definition) is 9. The number of nitrogens with zero attached hydrogens (tertiary/aromatic N) is 6. The number of benzene rings is 1. The molecule has 5 rings (SSSR count). The third-order valence-electron chi connectivity index (χ3n) is 6.20. The zero-order valence-electron chi connectivity index (χ0n) is 18.5. The first kappa shape index (κ1) is 22.5. The van der Waals surface area contributed by atoms with E-state index in [-0.39, 0.29) is 51.4 Å². The number of anilines is 3. The highest BCUT2D eigenvalue weighted by Crippen LogP contribution is 2.48. The van der Waals surface area contributed by atoms with E-state index >= 15 is 0 Å². The largest absolute Gasteiger partial charge is 0.382 e. The van der Waals surface area contributed by atoms with E-state index in [4.69, 9.17) is 28.1 Å². The average molecular weight is 492 g/mol. The van der Waals surface area contributed by atoms with Gasteiger partial charge in [0.15, 0.2) is 5.82 Å². The summed E-state index contributed by atoms with van der Waals surface area (Å²) in [6, 6.07) is 7.00. The molecule has 1 aliphatic rings. The fourth-order valence-corrected chi connectivity index (χ4v) is 4.35. The molecule has 5 N–H and O–H groups in total. The van der Waals surface area contributed by atoms with Crippen LogP contribution in [0.15, 0.2) is 35.4 Å². The lowest BCUT2D eigenvalue weighted by molar-refractivity contribution is 0.601. The molecule has 0 saturated heterocycles. The Labute approximate surface area is 203 Å². The van der Waals surface area contributed by atoms with E-state index in [2.05, 4.69) is 20.3 Å². The van der Waals surface area contributed by atoms with Gasteiger partial charge in [-0.3, -0.25) is 14.3 Å². The van der Waals surface area contributed by atoms with E-state index in [0.29, 0.717) is 24.2 Å². The Morgan fingerprint density at radius 2 is 2.03 bits per heavy atom. The van der Waals surface area contributed by atoms with E-state index < -0.39 is 16.8 Å². The minimum Gasteiger partial charge on any atom is -0.382 e. The second kappa shape index (κ2) is 8.18. The maximum atomic E-state index is 14.5. The van der Waals surface area contributed by atoms with Crippen LogP contribution >= 0.6 is 11.6 Å². The molecule has 0 unspecified atom stereocenters. The van der Waals surface area contributed by atoms with Crippen LogP contribution in [0.1, 0.15) is 29.8 Å². The molecular formula is C23H19ClFN9O. The van der Waals surface area contributed by atoms with E-state index in [9.17, 15) is 14.4 Å². The van der Waals surface area contributed by atoms with Crippen LogP contribution in [0, 0.1) is 24.1 Å². The third kappa shape index (κ3) is 3.68. The Hall–Kier alpha value is -4.30. The lowest BCUT2D eigenvalue weighted by Crippen LogP contribution is -2.33. The number of aromatic nitrogens is 5. The average Bonchev–Trinajstić information content (AvgIpc) is 3.60. The Morgan fingerprint density at radius 3 is 2.74 bits per heavy atom. The molecule has 0 bridgehead atoms. The molecule has 1 aliphatic carbocycles. The van der Waals surface area contributed by atoms with Gasteiger partial charge in [-0.05, 0) is 31.9 Å². The molecule has 1 saturated carbocycles. The normalized spacial score (nSPS) is 14.0. The van der Waals surface area contributed by atoms with Gasteiger partial charge in [0.05, 0.1) is 34.0 Å². The van der Waals surface area contributed by atoms with Crippen molar-refractivity contribution in [1.29, 1.82) is 5.26 Å². The highest BCUT2D eigenvalue weighted by molar-refractivity contribution is 6.35. The highest BCUT2D eigenvalue weighted by atomic mass is 35.5.